The van der Waals surface area contributed by atoms with E-state index in [-0.39, 0.29) is 29.9 Å². The standard InChI is InChI=1S/C30H30N6O4/c1-16-3-2-4-24(32-16)27-23(18-5-6-18)15-35(34-27)20-11-17(12-20)14-31-19-7-8-21-22(13-19)30(40)36(29(21)39)25-9-10-26(37)33-28(25)38/h2-4,7-8,13,15,17-18,20,25,31H,5-6,9-12,14H2,1H3,(H,33,37,38)/t17-,20-,25?. The van der Waals surface area contributed by atoms with Crippen LogP contribution in [0.5, 0.6) is 0 Å². The fraction of sp³-hybridized carbons (Fsp3) is 0.400. The number of pyridine rings is 1. The molecule has 4 amide bonds. The molecule has 204 valence electrons. The predicted octanol–water partition coefficient (Wildman–Crippen LogP) is 3.60. The lowest BCUT2D eigenvalue weighted by Crippen LogP contribution is -2.54. The molecule has 4 heterocycles. The van der Waals surface area contributed by atoms with Gasteiger partial charge in [-0.05, 0) is 81.2 Å². The Labute approximate surface area is 231 Å². The summed E-state index contributed by atoms with van der Waals surface area (Å²) < 4.78 is 2.13. The Balaban J connectivity index is 0.989. The zero-order valence-corrected chi connectivity index (χ0v) is 22.2. The number of aryl methyl sites for hydroxylation is 1. The monoisotopic (exact) mass is 538 g/mol. The smallest absolute Gasteiger partial charge is 0.262 e. The lowest BCUT2D eigenvalue weighted by Gasteiger charge is -2.35. The normalized spacial score (nSPS) is 24.1. The lowest BCUT2D eigenvalue weighted by molar-refractivity contribution is -0.136. The van der Waals surface area contributed by atoms with Gasteiger partial charge in [0.2, 0.25) is 11.8 Å². The van der Waals surface area contributed by atoms with Crippen LogP contribution in [-0.2, 0) is 9.59 Å². The summed E-state index contributed by atoms with van der Waals surface area (Å²) in [6, 6.07) is 10.6. The molecule has 2 aliphatic heterocycles. The summed E-state index contributed by atoms with van der Waals surface area (Å²) >= 11 is 0. The molecule has 1 unspecified atom stereocenters. The van der Waals surface area contributed by atoms with E-state index in [1.54, 1.807) is 18.2 Å². The van der Waals surface area contributed by atoms with Crippen molar-refractivity contribution in [2.24, 2.45) is 5.92 Å². The number of piperidine rings is 1. The Kier molecular flexibility index (Phi) is 5.80. The van der Waals surface area contributed by atoms with E-state index in [1.165, 1.54) is 18.4 Å². The summed E-state index contributed by atoms with van der Waals surface area (Å²) in [6.45, 7) is 2.75. The van der Waals surface area contributed by atoms with Gasteiger partial charge in [0, 0.05) is 36.1 Å². The predicted molar refractivity (Wildman–Crippen MR) is 146 cm³/mol. The molecular formula is C30H30N6O4. The molecule has 0 spiro atoms. The van der Waals surface area contributed by atoms with Gasteiger partial charge in [-0.3, -0.25) is 39.1 Å². The molecule has 1 atom stereocenters. The van der Waals surface area contributed by atoms with Gasteiger partial charge < -0.3 is 5.32 Å². The molecule has 2 saturated carbocycles. The van der Waals surface area contributed by atoms with Crippen LogP contribution in [0.3, 0.4) is 0 Å². The van der Waals surface area contributed by atoms with Crippen LogP contribution in [0.15, 0.2) is 42.6 Å². The van der Waals surface area contributed by atoms with Crippen molar-refractivity contribution in [1.29, 1.82) is 0 Å². The highest BCUT2D eigenvalue weighted by atomic mass is 16.2. The van der Waals surface area contributed by atoms with Crippen molar-refractivity contribution < 1.29 is 19.2 Å². The number of carbonyl (C=O) groups excluding carboxylic acids is 4. The van der Waals surface area contributed by atoms with Gasteiger partial charge in [0.25, 0.3) is 11.8 Å². The van der Waals surface area contributed by atoms with Crippen molar-refractivity contribution in [3.63, 3.8) is 0 Å². The van der Waals surface area contributed by atoms with Crippen LogP contribution in [0.4, 0.5) is 5.69 Å². The number of fused-ring (bicyclic) bond motifs is 1. The molecule has 1 saturated heterocycles. The van der Waals surface area contributed by atoms with E-state index >= 15 is 0 Å². The highest BCUT2D eigenvalue weighted by molar-refractivity contribution is 6.23. The fourth-order valence-corrected chi connectivity index (χ4v) is 6.09. The molecule has 0 bridgehead atoms. The van der Waals surface area contributed by atoms with Gasteiger partial charge >= 0.3 is 0 Å². The fourth-order valence-electron chi connectivity index (χ4n) is 6.09. The van der Waals surface area contributed by atoms with Gasteiger partial charge in [0.05, 0.1) is 22.9 Å². The van der Waals surface area contributed by atoms with Crippen LogP contribution >= 0.6 is 0 Å². The average Bonchev–Trinajstić information content (AvgIpc) is 3.62. The van der Waals surface area contributed by atoms with Crippen LogP contribution in [0.2, 0.25) is 0 Å². The van der Waals surface area contributed by atoms with Crippen LogP contribution in [-0.4, -0.2) is 55.9 Å². The van der Waals surface area contributed by atoms with Crippen LogP contribution in [0, 0.1) is 12.8 Å². The number of aromatic nitrogens is 3. The zero-order valence-electron chi connectivity index (χ0n) is 22.2. The summed E-state index contributed by atoms with van der Waals surface area (Å²) in [6.07, 6.45) is 6.90. The Bertz CT molecular complexity index is 1570. The second-order valence-corrected chi connectivity index (χ2v) is 11.4. The number of amides is 4. The first-order valence-corrected chi connectivity index (χ1v) is 14.0. The lowest BCUT2D eigenvalue weighted by atomic mass is 9.80. The van der Waals surface area contributed by atoms with E-state index in [0.29, 0.717) is 17.9 Å². The maximum atomic E-state index is 13.1. The first kappa shape index (κ1) is 24.7. The molecule has 0 radical (unpaired) electrons. The number of hydrogen-bond donors (Lipinski definition) is 2. The minimum Gasteiger partial charge on any atom is -0.385 e. The van der Waals surface area contributed by atoms with Gasteiger partial charge in [-0.2, -0.15) is 5.10 Å². The number of anilines is 1. The molecule has 10 nitrogen and oxygen atoms in total. The summed E-state index contributed by atoms with van der Waals surface area (Å²) in [5.74, 6) is -0.929. The van der Waals surface area contributed by atoms with E-state index in [4.69, 9.17) is 10.1 Å². The quantitative estimate of drug-likeness (QED) is 0.440. The van der Waals surface area contributed by atoms with E-state index < -0.39 is 23.8 Å². The molecular weight excluding hydrogens is 508 g/mol. The molecule has 2 aliphatic carbocycles. The Morgan fingerprint density at radius 2 is 1.80 bits per heavy atom. The molecule has 2 N–H and O–H groups in total. The van der Waals surface area contributed by atoms with E-state index in [0.717, 1.165) is 47.1 Å². The molecule has 7 rings (SSSR count). The molecule has 10 heteroatoms. The second kappa shape index (κ2) is 9.39. The molecule has 3 aromatic rings. The van der Waals surface area contributed by atoms with Crippen LogP contribution in [0.25, 0.3) is 11.4 Å². The van der Waals surface area contributed by atoms with Crippen molar-refractivity contribution >= 4 is 29.3 Å². The number of carbonyl (C=O) groups is 4. The molecule has 40 heavy (non-hydrogen) atoms. The highest BCUT2D eigenvalue weighted by Gasteiger charge is 2.44. The molecule has 3 fully saturated rings. The second-order valence-electron chi connectivity index (χ2n) is 11.4. The summed E-state index contributed by atoms with van der Waals surface area (Å²) in [4.78, 5) is 55.5. The van der Waals surface area contributed by atoms with E-state index in [9.17, 15) is 19.2 Å². The van der Waals surface area contributed by atoms with Gasteiger partial charge in [-0.1, -0.05) is 6.07 Å². The molecule has 4 aliphatic rings. The van der Waals surface area contributed by atoms with Gasteiger partial charge in [0.15, 0.2) is 0 Å². The largest absolute Gasteiger partial charge is 0.385 e. The van der Waals surface area contributed by atoms with Crippen molar-refractivity contribution in [1.82, 2.24) is 25.0 Å². The Hall–Kier alpha value is -4.34. The minimum atomic E-state index is -0.960. The summed E-state index contributed by atoms with van der Waals surface area (Å²) in [5, 5.41) is 10.6. The maximum Gasteiger partial charge on any atom is 0.262 e. The number of hydrogen-bond acceptors (Lipinski definition) is 7. The van der Waals surface area contributed by atoms with Gasteiger partial charge in [-0.25, -0.2) is 0 Å². The Morgan fingerprint density at radius 3 is 2.55 bits per heavy atom. The summed E-state index contributed by atoms with van der Waals surface area (Å²) in [7, 11) is 0. The molecule has 1 aromatic carbocycles. The van der Waals surface area contributed by atoms with E-state index in [1.807, 2.05) is 25.1 Å². The van der Waals surface area contributed by atoms with Crippen molar-refractivity contribution in [3.8, 4) is 11.4 Å². The third-order valence-electron chi connectivity index (χ3n) is 8.53. The Morgan fingerprint density at radius 1 is 1.00 bits per heavy atom. The zero-order chi connectivity index (χ0) is 27.5. The van der Waals surface area contributed by atoms with Gasteiger partial charge in [0.1, 0.15) is 11.7 Å². The highest BCUT2D eigenvalue weighted by Crippen LogP contribution is 2.46. The van der Waals surface area contributed by atoms with Crippen LogP contribution in [0.1, 0.15) is 82.5 Å². The van der Waals surface area contributed by atoms with E-state index in [2.05, 4.69) is 21.5 Å². The SMILES string of the molecule is Cc1cccc(-c2nn([C@H]3C[C@H](CNc4ccc5c(c4)C(=O)N(C4CCC(=O)NC4=O)C5=O)C3)cc2C2CC2)n1. The summed E-state index contributed by atoms with van der Waals surface area (Å²) in [5.41, 5.74) is 5.58. The number of nitrogens with zero attached hydrogens (tertiary/aromatic N) is 4. The number of imide groups is 2. The number of rotatable bonds is 7. The number of nitrogens with one attached hydrogen (secondary N) is 2. The first-order valence-electron chi connectivity index (χ1n) is 14.0. The van der Waals surface area contributed by atoms with Crippen molar-refractivity contribution in [2.75, 3.05) is 11.9 Å². The van der Waals surface area contributed by atoms with Crippen molar-refractivity contribution in [2.45, 2.75) is 63.5 Å². The first-order chi connectivity index (χ1) is 19.4. The maximum absolute atomic E-state index is 13.1. The van der Waals surface area contributed by atoms with Gasteiger partial charge in [-0.15, -0.1) is 0 Å². The molecule has 2 aromatic heterocycles. The van der Waals surface area contributed by atoms with Crippen molar-refractivity contribution in [3.05, 3.63) is 65.0 Å². The topological polar surface area (TPSA) is 126 Å². The third kappa shape index (κ3) is 4.27. The third-order valence-corrected chi connectivity index (χ3v) is 8.53. The average molecular weight is 539 g/mol. The minimum absolute atomic E-state index is 0.101. The van der Waals surface area contributed by atoms with Crippen LogP contribution < -0.4 is 10.6 Å². The number of benzene rings is 1.